The van der Waals surface area contributed by atoms with Gasteiger partial charge in [0, 0.05) is 50.0 Å². The lowest BCUT2D eigenvalue weighted by Gasteiger charge is -2.41. The number of nitrogens with two attached hydrogens (primary N) is 1. The van der Waals surface area contributed by atoms with E-state index in [9.17, 15) is 17.2 Å². The van der Waals surface area contributed by atoms with E-state index in [1.807, 2.05) is 6.20 Å². The van der Waals surface area contributed by atoms with Crippen molar-refractivity contribution in [3.05, 3.63) is 66.4 Å². The van der Waals surface area contributed by atoms with Gasteiger partial charge in [-0.05, 0) is 68.6 Å². The Morgan fingerprint density at radius 2 is 1.60 bits per heavy atom. The summed E-state index contributed by atoms with van der Waals surface area (Å²) in [5.41, 5.74) is 7.73. The van der Waals surface area contributed by atoms with Gasteiger partial charge in [-0.15, -0.1) is 0 Å². The topological polar surface area (TPSA) is 109 Å². The first-order chi connectivity index (χ1) is 20.1. The predicted octanol–water partition coefficient (Wildman–Crippen LogP) is 4.63. The maximum absolute atomic E-state index is 15.3. The Morgan fingerprint density at radius 1 is 0.881 bits per heavy atom. The van der Waals surface area contributed by atoms with Crippen LogP contribution in [0.15, 0.2) is 53.8 Å². The number of rotatable bonds is 6. The van der Waals surface area contributed by atoms with Crippen molar-refractivity contribution in [2.24, 2.45) is 0 Å². The third-order valence-electron chi connectivity index (χ3n) is 8.48. The molecule has 0 amide bonds. The van der Waals surface area contributed by atoms with Crippen molar-refractivity contribution in [3.8, 4) is 11.1 Å². The molecule has 222 valence electrons. The number of aromatic nitrogens is 3. The second-order valence-corrected chi connectivity index (χ2v) is 12.8. The van der Waals surface area contributed by atoms with E-state index in [4.69, 9.17) is 5.73 Å². The molecule has 1 saturated carbocycles. The van der Waals surface area contributed by atoms with Crippen molar-refractivity contribution in [2.75, 3.05) is 43.7 Å². The van der Waals surface area contributed by atoms with Gasteiger partial charge in [0.05, 0.1) is 16.0 Å². The van der Waals surface area contributed by atoms with E-state index in [2.05, 4.69) is 36.1 Å². The van der Waals surface area contributed by atoms with Gasteiger partial charge in [-0.25, -0.2) is 31.6 Å². The van der Waals surface area contributed by atoms with Crippen molar-refractivity contribution in [2.45, 2.75) is 42.7 Å². The number of benzene rings is 2. The summed E-state index contributed by atoms with van der Waals surface area (Å²) >= 11 is 0. The molecule has 9 nitrogen and oxygen atoms in total. The molecule has 3 heterocycles. The van der Waals surface area contributed by atoms with Gasteiger partial charge in [0.2, 0.25) is 0 Å². The average molecular weight is 600 g/mol. The predicted molar refractivity (Wildman–Crippen MR) is 155 cm³/mol. The summed E-state index contributed by atoms with van der Waals surface area (Å²) in [5, 5.41) is 0.605. The third-order valence-corrected chi connectivity index (χ3v) is 9.84. The summed E-state index contributed by atoms with van der Waals surface area (Å²) in [6.07, 6.45) is 7.45. The summed E-state index contributed by atoms with van der Waals surface area (Å²) in [5.74, 6) is -3.08. The van der Waals surface area contributed by atoms with Gasteiger partial charge < -0.3 is 15.2 Å². The highest BCUT2D eigenvalue weighted by Gasteiger charge is 2.30. The number of anilines is 2. The molecule has 13 heteroatoms. The van der Waals surface area contributed by atoms with Crippen molar-refractivity contribution < 1.29 is 21.6 Å². The average Bonchev–Trinajstić information content (AvgIpc) is 3.37. The number of likely N-dealkylation sites (N-methyl/N-ethyl adjacent to an activating group) is 1. The maximum Gasteiger partial charge on any atom is 0.262 e. The number of piperazine rings is 1. The standard InChI is InChI=1S/C29H32F3N7O2S/c1-37-10-12-38(13-11-37)19-3-5-20(6-4-19)39-16-22(27-28(33)34-17-35-29(27)39)18-2-9-26(25(32)14-18)36-42(40,41)21-7-8-23(30)24(31)15-21/h2,7-9,14-17,19-20,36H,3-6,10-13H2,1H3,(H2,33,34,35). The highest BCUT2D eigenvalue weighted by molar-refractivity contribution is 7.92. The van der Waals surface area contributed by atoms with Crippen LogP contribution < -0.4 is 10.5 Å². The monoisotopic (exact) mass is 599 g/mol. The number of nitrogens with zero attached hydrogens (tertiary/aromatic N) is 5. The summed E-state index contributed by atoms with van der Waals surface area (Å²) in [6.45, 7) is 4.35. The number of nitrogen functional groups attached to an aromatic ring is 1. The Bertz CT molecular complexity index is 1730. The largest absolute Gasteiger partial charge is 0.383 e. The molecule has 2 aromatic heterocycles. The molecule has 4 aromatic rings. The molecule has 2 aromatic carbocycles. The molecular weight excluding hydrogens is 567 g/mol. The molecule has 1 aliphatic heterocycles. The molecule has 42 heavy (non-hydrogen) atoms. The van der Waals surface area contributed by atoms with Gasteiger partial charge >= 0.3 is 0 Å². The molecule has 0 bridgehead atoms. The molecular formula is C29H32F3N7O2S. The van der Waals surface area contributed by atoms with Gasteiger partial charge in [-0.2, -0.15) is 0 Å². The van der Waals surface area contributed by atoms with E-state index < -0.39 is 32.4 Å². The normalized spacial score (nSPS) is 20.7. The van der Waals surface area contributed by atoms with Crippen LogP contribution in [0.4, 0.5) is 24.7 Å². The highest BCUT2D eigenvalue weighted by Crippen LogP contribution is 2.39. The van der Waals surface area contributed by atoms with Crippen LogP contribution in [0.25, 0.3) is 22.2 Å². The first-order valence-corrected chi connectivity index (χ1v) is 15.4. The lowest BCUT2D eigenvalue weighted by Crippen LogP contribution is -2.49. The molecule has 6 rings (SSSR count). The van der Waals surface area contributed by atoms with E-state index in [0.29, 0.717) is 40.3 Å². The Morgan fingerprint density at radius 3 is 2.29 bits per heavy atom. The van der Waals surface area contributed by atoms with E-state index in [-0.39, 0.29) is 17.5 Å². The van der Waals surface area contributed by atoms with E-state index in [1.165, 1.54) is 18.5 Å². The van der Waals surface area contributed by atoms with Crippen molar-refractivity contribution in [1.29, 1.82) is 0 Å². The van der Waals surface area contributed by atoms with Crippen molar-refractivity contribution >= 4 is 32.6 Å². The van der Waals surface area contributed by atoms with Gasteiger partial charge in [-0.3, -0.25) is 9.62 Å². The SMILES string of the molecule is CN1CCN(C2CCC(n3cc(-c4ccc(NS(=O)(=O)c5ccc(F)c(F)c5)c(F)c4)c4c(N)ncnc43)CC2)CC1. The maximum atomic E-state index is 15.3. The smallest absolute Gasteiger partial charge is 0.262 e. The minimum Gasteiger partial charge on any atom is -0.383 e. The Balaban J connectivity index is 1.26. The molecule has 1 aliphatic carbocycles. The van der Waals surface area contributed by atoms with Gasteiger partial charge in [0.25, 0.3) is 10.0 Å². The minimum atomic E-state index is -4.37. The molecule has 0 unspecified atom stereocenters. The van der Waals surface area contributed by atoms with Gasteiger partial charge in [0.1, 0.15) is 23.6 Å². The number of sulfonamides is 1. The molecule has 3 N–H and O–H groups in total. The van der Waals surface area contributed by atoms with Crippen LogP contribution in [-0.4, -0.2) is 72.0 Å². The number of hydrogen-bond donors (Lipinski definition) is 2. The summed E-state index contributed by atoms with van der Waals surface area (Å²) < 4.78 is 71.8. The zero-order valence-electron chi connectivity index (χ0n) is 23.1. The molecule has 2 fully saturated rings. The molecule has 1 saturated heterocycles. The van der Waals surface area contributed by atoms with Crippen LogP contribution in [0.5, 0.6) is 0 Å². The van der Waals surface area contributed by atoms with Crippen LogP contribution in [0.3, 0.4) is 0 Å². The first-order valence-electron chi connectivity index (χ1n) is 13.9. The molecule has 0 spiro atoms. The van der Waals surface area contributed by atoms with Crippen molar-refractivity contribution in [3.63, 3.8) is 0 Å². The highest BCUT2D eigenvalue weighted by atomic mass is 32.2. The fourth-order valence-electron chi connectivity index (χ4n) is 6.11. The zero-order valence-corrected chi connectivity index (χ0v) is 23.9. The summed E-state index contributed by atoms with van der Waals surface area (Å²) in [6, 6.07) is 6.97. The third kappa shape index (κ3) is 5.43. The fourth-order valence-corrected chi connectivity index (χ4v) is 7.19. The first kappa shape index (κ1) is 28.4. The van der Waals surface area contributed by atoms with E-state index >= 15 is 4.39 Å². The molecule has 0 radical (unpaired) electrons. The van der Waals surface area contributed by atoms with Crippen LogP contribution in [0, 0.1) is 17.5 Å². The van der Waals surface area contributed by atoms with E-state index in [1.54, 1.807) is 6.07 Å². The number of hydrogen-bond acceptors (Lipinski definition) is 7. The van der Waals surface area contributed by atoms with E-state index in [0.717, 1.165) is 57.9 Å². The number of halogens is 3. The Hall–Kier alpha value is -3.68. The summed E-state index contributed by atoms with van der Waals surface area (Å²) in [7, 11) is -2.21. The quantitative estimate of drug-likeness (QED) is 0.333. The minimum absolute atomic E-state index is 0.200. The van der Waals surface area contributed by atoms with Crippen LogP contribution in [-0.2, 0) is 10.0 Å². The van der Waals surface area contributed by atoms with Gasteiger partial charge in [-0.1, -0.05) is 6.07 Å². The lowest BCUT2D eigenvalue weighted by molar-refractivity contribution is 0.0828. The fraction of sp³-hybridized carbons (Fsp3) is 0.379. The zero-order chi connectivity index (χ0) is 29.6. The van der Waals surface area contributed by atoms with Crippen LogP contribution >= 0.6 is 0 Å². The molecule has 2 aliphatic rings. The van der Waals surface area contributed by atoms with Gasteiger partial charge in [0.15, 0.2) is 11.6 Å². The second-order valence-electron chi connectivity index (χ2n) is 11.1. The number of fused-ring (bicyclic) bond motifs is 1. The Kier molecular flexibility index (Phi) is 7.58. The Labute approximate surface area is 242 Å². The lowest BCUT2D eigenvalue weighted by atomic mass is 9.89. The summed E-state index contributed by atoms with van der Waals surface area (Å²) in [4.78, 5) is 13.1. The van der Waals surface area contributed by atoms with Crippen molar-refractivity contribution in [1.82, 2.24) is 24.3 Å². The molecule has 0 atom stereocenters. The van der Waals surface area contributed by atoms with Crippen LogP contribution in [0.1, 0.15) is 31.7 Å². The van der Waals surface area contributed by atoms with Crippen LogP contribution in [0.2, 0.25) is 0 Å². The second kappa shape index (κ2) is 11.2. The number of nitrogens with one attached hydrogen (secondary N) is 1.